The van der Waals surface area contributed by atoms with Gasteiger partial charge < -0.3 is 4.90 Å². The predicted molar refractivity (Wildman–Crippen MR) is 73.2 cm³/mol. The van der Waals surface area contributed by atoms with E-state index >= 15 is 0 Å². The maximum absolute atomic E-state index is 11.9. The van der Waals surface area contributed by atoms with Crippen molar-refractivity contribution in [1.82, 2.24) is 0 Å². The lowest BCUT2D eigenvalue weighted by Crippen LogP contribution is -2.25. The highest BCUT2D eigenvalue weighted by molar-refractivity contribution is 7.80. The van der Waals surface area contributed by atoms with E-state index in [2.05, 4.69) is 22.7 Å². The number of anilines is 1. The number of benzene rings is 1. The maximum Gasteiger partial charge on any atom is 0.227 e. The Morgan fingerprint density at radius 2 is 2.39 bits per heavy atom. The molecule has 7 heteroatoms. The molecule has 0 saturated carbocycles. The molecule has 1 amide bonds. The average Bonchev–Trinajstić information content (AvgIpc) is 2.71. The van der Waals surface area contributed by atoms with Crippen LogP contribution in [-0.2, 0) is 4.79 Å². The van der Waals surface area contributed by atoms with Gasteiger partial charge >= 0.3 is 0 Å². The number of hydrogen-bond acceptors (Lipinski definition) is 3. The van der Waals surface area contributed by atoms with Crippen LogP contribution in [0.15, 0.2) is 28.2 Å². The molecule has 1 aliphatic heterocycles. The Hall–Kier alpha value is -1.36. The molecule has 1 heterocycles. The molecule has 0 radical (unpaired) electrons. The number of halogens is 1. The van der Waals surface area contributed by atoms with Gasteiger partial charge in [0.25, 0.3) is 0 Å². The van der Waals surface area contributed by atoms with Gasteiger partial charge in [-0.3, -0.25) is 4.79 Å². The van der Waals surface area contributed by atoms with Crippen LogP contribution in [-0.4, -0.2) is 19.0 Å². The summed E-state index contributed by atoms with van der Waals surface area (Å²) in [5, 5.41) is 4.08. The highest BCUT2D eigenvalue weighted by atomic mass is 35.5. The van der Waals surface area contributed by atoms with Gasteiger partial charge in [-0.25, -0.2) is 0 Å². The largest absolute Gasteiger partial charge is 0.311 e. The summed E-state index contributed by atoms with van der Waals surface area (Å²) in [5.74, 6) is 0.0609. The highest BCUT2D eigenvalue weighted by Crippen LogP contribution is 2.32. The van der Waals surface area contributed by atoms with E-state index in [4.69, 9.17) is 17.1 Å². The van der Waals surface area contributed by atoms with Gasteiger partial charge in [-0.1, -0.05) is 16.7 Å². The highest BCUT2D eigenvalue weighted by Gasteiger charge is 2.31. The third-order valence-electron chi connectivity index (χ3n) is 2.84. The van der Waals surface area contributed by atoms with E-state index in [-0.39, 0.29) is 11.8 Å². The van der Waals surface area contributed by atoms with E-state index in [0.717, 1.165) is 0 Å². The Morgan fingerprint density at radius 3 is 3.11 bits per heavy atom. The number of azide groups is 1. The molecule has 0 N–H and O–H groups in total. The minimum absolute atomic E-state index is 0.00528. The Labute approximate surface area is 115 Å². The Kier molecular flexibility index (Phi) is 4.01. The fourth-order valence-electron chi connectivity index (χ4n) is 2.00. The van der Waals surface area contributed by atoms with Crippen LogP contribution in [0.5, 0.6) is 0 Å². The average molecular weight is 283 g/mol. The number of amides is 1. The molecular formula is C11H11ClN4OS. The molecule has 94 valence electrons. The smallest absolute Gasteiger partial charge is 0.227 e. The van der Waals surface area contributed by atoms with Crippen molar-refractivity contribution in [2.45, 2.75) is 11.3 Å². The molecule has 0 bridgehead atoms. The number of thiol groups is 1. The molecule has 1 aromatic carbocycles. The van der Waals surface area contributed by atoms with Crippen LogP contribution in [0, 0.1) is 5.92 Å². The summed E-state index contributed by atoms with van der Waals surface area (Å²) in [5.41, 5.74) is 8.99. The maximum atomic E-state index is 11.9. The van der Waals surface area contributed by atoms with Crippen LogP contribution >= 0.6 is 24.2 Å². The molecule has 2 rings (SSSR count). The molecule has 1 fully saturated rings. The third kappa shape index (κ3) is 2.72. The van der Waals surface area contributed by atoms with E-state index < -0.39 is 0 Å². The van der Waals surface area contributed by atoms with E-state index in [0.29, 0.717) is 35.1 Å². The molecule has 1 saturated heterocycles. The zero-order chi connectivity index (χ0) is 13.1. The fourth-order valence-corrected chi connectivity index (χ4v) is 2.43. The van der Waals surface area contributed by atoms with Gasteiger partial charge in [0.15, 0.2) is 0 Å². The third-order valence-corrected chi connectivity index (χ3v) is 3.45. The van der Waals surface area contributed by atoms with Crippen LogP contribution in [0.1, 0.15) is 6.42 Å². The molecule has 1 unspecified atom stereocenters. The van der Waals surface area contributed by atoms with Crippen LogP contribution in [0.4, 0.5) is 5.69 Å². The van der Waals surface area contributed by atoms with Crippen LogP contribution in [0.3, 0.4) is 0 Å². The van der Waals surface area contributed by atoms with Crippen molar-refractivity contribution in [1.29, 1.82) is 0 Å². The molecular weight excluding hydrogens is 272 g/mol. The van der Waals surface area contributed by atoms with Crippen molar-refractivity contribution in [3.8, 4) is 0 Å². The summed E-state index contributed by atoms with van der Waals surface area (Å²) in [7, 11) is 0. The standard InChI is InChI=1S/C11H11ClN4OS/c12-8-1-2-10(18)9(4-8)16-6-7(3-11(16)17)5-14-15-13/h1-2,4,7,18H,3,5-6H2. The fraction of sp³-hybridized carbons (Fsp3) is 0.364. The molecule has 1 aromatic rings. The molecule has 0 spiro atoms. The van der Waals surface area contributed by atoms with E-state index in [1.807, 2.05) is 0 Å². The second-order valence-corrected chi connectivity index (χ2v) is 5.04. The van der Waals surface area contributed by atoms with Gasteiger partial charge in [0.2, 0.25) is 5.91 Å². The van der Waals surface area contributed by atoms with Crippen LogP contribution in [0.2, 0.25) is 5.02 Å². The first-order valence-electron chi connectivity index (χ1n) is 5.41. The SMILES string of the molecule is [N-]=[N+]=NCC1CC(=O)N(c2cc(Cl)ccc2S)C1. The molecule has 0 aromatic heterocycles. The van der Waals surface area contributed by atoms with Gasteiger partial charge in [-0.05, 0) is 29.6 Å². The van der Waals surface area contributed by atoms with Crippen molar-refractivity contribution in [2.24, 2.45) is 11.0 Å². The number of nitrogens with zero attached hydrogens (tertiary/aromatic N) is 4. The minimum atomic E-state index is 0.00528. The topological polar surface area (TPSA) is 69.1 Å². The van der Waals surface area contributed by atoms with Gasteiger partial charge in [0.1, 0.15) is 0 Å². The predicted octanol–water partition coefficient (Wildman–Crippen LogP) is 3.29. The monoisotopic (exact) mass is 282 g/mol. The quantitative estimate of drug-likeness (QED) is 0.393. The number of carbonyl (C=O) groups is 1. The zero-order valence-corrected chi connectivity index (χ0v) is 11.1. The summed E-state index contributed by atoms with van der Waals surface area (Å²) in [6, 6.07) is 5.21. The van der Waals surface area contributed by atoms with Crippen LogP contribution in [0.25, 0.3) is 10.4 Å². The first-order valence-corrected chi connectivity index (χ1v) is 6.24. The van der Waals surface area contributed by atoms with Gasteiger partial charge in [0.05, 0.1) is 5.69 Å². The number of rotatable bonds is 3. The first kappa shape index (κ1) is 13.1. The lowest BCUT2D eigenvalue weighted by Gasteiger charge is -2.18. The first-order chi connectivity index (χ1) is 8.61. The van der Waals surface area contributed by atoms with Crippen molar-refractivity contribution in [3.05, 3.63) is 33.7 Å². The summed E-state index contributed by atoms with van der Waals surface area (Å²) < 4.78 is 0. The van der Waals surface area contributed by atoms with Crippen molar-refractivity contribution in [2.75, 3.05) is 18.0 Å². The molecule has 18 heavy (non-hydrogen) atoms. The second-order valence-electron chi connectivity index (χ2n) is 4.12. The Balaban J connectivity index is 2.21. The molecule has 1 aliphatic rings. The Morgan fingerprint density at radius 1 is 1.61 bits per heavy atom. The summed E-state index contributed by atoms with van der Waals surface area (Å²) >= 11 is 10.3. The van der Waals surface area contributed by atoms with Crippen molar-refractivity contribution < 1.29 is 4.79 Å². The van der Waals surface area contributed by atoms with E-state index in [1.165, 1.54) is 0 Å². The second kappa shape index (κ2) is 5.52. The van der Waals surface area contributed by atoms with E-state index in [9.17, 15) is 4.79 Å². The minimum Gasteiger partial charge on any atom is -0.311 e. The summed E-state index contributed by atoms with van der Waals surface area (Å²) in [6.45, 7) is 0.868. The molecule has 5 nitrogen and oxygen atoms in total. The van der Waals surface area contributed by atoms with Gasteiger partial charge in [-0.15, -0.1) is 12.6 Å². The molecule has 0 aliphatic carbocycles. The van der Waals surface area contributed by atoms with Crippen molar-refractivity contribution in [3.63, 3.8) is 0 Å². The van der Waals surface area contributed by atoms with Gasteiger partial charge in [-0.2, -0.15) is 0 Å². The van der Waals surface area contributed by atoms with Gasteiger partial charge in [0, 0.05) is 34.3 Å². The van der Waals surface area contributed by atoms with Crippen molar-refractivity contribution >= 4 is 35.8 Å². The zero-order valence-electron chi connectivity index (χ0n) is 9.45. The number of carbonyl (C=O) groups excluding carboxylic acids is 1. The summed E-state index contributed by atoms with van der Waals surface area (Å²) in [6.07, 6.45) is 0.388. The molecule has 1 atom stereocenters. The normalized spacial score (nSPS) is 18.9. The lowest BCUT2D eigenvalue weighted by atomic mass is 10.1. The summed E-state index contributed by atoms with van der Waals surface area (Å²) in [4.78, 5) is 17.0. The van der Waals surface area contributed by atoms with Crippen LogP contribution < -0.4 is 4.90 Å². The lowest BCUT2D eigenvalue weighted by molar-refractivity contribution is -0.117. The van der Waals surface area contributed by atoms with E-state index in [1.54, 1.807) is 23.1 Å². The number of hydrogen-bond donors (Lipinski definition) is 1. The Bertz CT molecular complexity index is 530.